The van der Waals surface area contributed by atoms with Gasteiger partial charge in [-0.2, -0.15) is 0 Å². The van der Waals surface area contributed by atoms with Crippen LogP contribution in [0.2, 0.25) is 0 Å². The van der Waals surface area contributed by atoms with Crippen molar-refractivity contribution >= 4 is 0 Å². The molecule has 0 aliphatic heterocycles. The Labute approximate surface area is 282 Å². The molecule has 0 heterocycles. The van der Waals surface area contributed by atoms with E-state index in [9.17, 15) is 0 Å². The lowest BCUT2D eigenvalue weighted by Crippen LogP contribution is -2.00. The van der Waals surface area contributed by atoms with Crippen molar-refractivity contribution in [1.29, 1.82) is 0 Å². The Morgan fingerprint density at radius 1 is 0.186 bits per heavy atom. The molecule has 0 aliphatic carbocycles. The van der Waals surface area contributed by atoms with Crippen LogP contribution < -0.4 is 0 Å². The molecule has 0 nitrogen and oxygen atoms in total. The highest BCUT2D eigenvalue weighted by molar-refractivity contribution is 4.52. The van der Waals surface area contributed by atoms with Gasteiger partial charge in [0.25, 0.3) is 0 Å². The van der Waals surface area contributed by atoms with Crippen LogP contribution in [0, 0.1) is 82.9 Å². The largest absolute Gasteiger partial charge is 0.0651 e. The van der Waals surface area contributed by atoms with Crippen molar-refractivity contribution in [2.24, 2.45) is 82.9 Å². The highest BCUT2D eigenvalue weighted by atomic mass is 14.1. The molecule has 0 radical (unpaired) electrons. The molecule has 0 N–H and O–H groups in total. The zero-order chi connectivity index (χ0) is 36.8. The fraction of sp³-hybridized carbons (Fsp3) is 1.00. The second kappa shape index (κ2) is 38.2. The van der Waals surface area contributed by atoms with Crippen LogP contribution in [0.4, 0.5) is 0 Å². The maximum absolute atomic E-state index is 2.30. The maximum Gasteiger partial charge on any atom is -0.0422 e. The van der Waals surface area contributed by atoms with Crippen molar-refractivity contribution < 1.29 is 0 Å². The Kier molecular flexibility index (Phi) is 52.0. The summed E-state index contributed by atoms with van der Waals surface area (Å²) in [5.74, 6) is 12.0. The summed E-state index contributed by atoms with van der Waals surface area (Å²) in [7, 11) is 0. The first-order valence-electron chi connectivity index (χ1n) is 19.0. The molecule has 1 unspecified atom stereocenters. The topological polar surface area (TPSA) is 0 Å². The quantitative estimate of drug-likeness (QED) is 0.254. The van der Waals surface area contributed by atoms with Gasteiger partial charge >= 0.3 is 0 Å². The van der Waals surface area contributed by atoms with Crippen molar-refractivity contribution in [3.63, 3.8) is 0 Å². The van der Waals surface area contributed by atoms with Crippen LogP contribution in [0.25, 0.3) is 0 Å². The second-order valence-corrected chi connectivity index (χ2v) is 17.6. The first-order valence-corrected chi connectivity index (χ1v) is 19.0. The monoisotopic (exact) mass is 617 g/mol. The van der Waals surface area contributed by atoms with Crippen molar-refractivity contribution in [1.82, 2.24) is 0 Å². The molecule has 0 fully saturated rings. The molecule has 43 heavy (non-hydrogen) atoms. The summed E-state index contributed by atoms with van der Waals surface area (Å²) < 4.78 is 0. The van der Waals surface area contributed by atoms with Gasteiger partial charge in [0.1, 0.15) is 0 Å². The van der Waals surface area contributed by atoms with E-state index in [1.54, 1.807) is 0 Å². The van der Waals surface area contributed by atoms with E-state index in [-0.39, 0.29) is 0 Å². The minimum atomic E-state index is 0.852. The average molecular weight is 617 g/mol. The van der Waals surface area contributed by atoms with Crippen LogP contribution in [-0.2, 0) is 0 Å². The number of hydrogen-bond acceptors (Lipinski definition) is 0. The molecular weight excluding hydrogens is 516 g/mol. The van der Waals surface area contributed by atoms with E-state index in [1.807, 2.05) is 0 Å². The lowest BCUT2D eigenvalue weighted by atomic mass is 9.96. The molecule has 0 aromatic carbocycles. The minimum absolute atomic E-state index is 0.852. The summed E-state index contributed by atoms with van der Waals surface area (Å²) in [5, 5.41) is 0. The summed E-state index contributed by atoms with van der Waals surface area (Å²) in [6.45, 7) is 62.9. The smallest absolute Gasteiger partial charge is 0.0422 e. The minimum Gasteiger partial charge on any atom is -0.0651 e. The molecule has 0 amide bonds. The molecule has 272 valence electrons. The molecule has 0 rings (SSSR count). The molecule has 0 saturated heterocycles. The molecule has 0 heteroatoms. The van der Waals surface area contributed by atoms with Crippen molar-refractivity contribution in [2.45, 2.75) is 200 Å². The Bertz CT molecular complexity index is 312. The van der Waals surface area contributed by atoms with Gasteiger partial charge in [-0.15, -0.1) is 0 Å². The zero-order valence-electron chi connectivity index (χ0n) is 36.8. The van der Waals surface area contributed by atoms with Crippen LogP contribution in [-0.4, -0.2) is 0 Å². The first-order chi connectivity index (χ1) is 19.0. The Morgan fingerprint density at radius 3 is 0.279 bits per heavy atom. The standard InChI is InChI=1S/C7H16.6C6H14/c1-5-7(4)6(2)3;6*1-5(2)6(3)4/h6-7H,5H2,1-4H3;6*5-6H,1-4H3. The third-order valence-corrected chi connectivity index (χ3v) is 9.78. The summed E-state index contributed by atoms with van der Waals surface area (Å²) in [6.07, 6.45) is 1.32. The zero-order valence-corrected chi connectivity index (χ0v) is 36.8. The van der Waals surface area contributed by atoms with Crippen molar-refractivity contribution in [3.8, 4) is 0 Å². The summed E-state index contributed by atoms with van der Waals surface area (Å²) in [6, 6.07) is 0. The van der Waals surface area contributed by atoms with E-state index in [0.29, 0.717) is 0 Å². The average Bonchev–Trinajstić information content (AvgIpc) is 2.85. The fourth-order valence-corrected chi connectivity index (χ4v) is 0.471. The van der Waals surface area contributed by atoms with Gasteiger partial charge in [-0.1, -0.05) is 200 Å². The van der Waals surface area contributed by atoms with E-state index in [2.05, 4.69) is 194 Å². The molecule has 0 aromatic heterocycles. The third-order valence-electron chi connectivity index (χ3n) is 9.78. The lowest BCUT2D eigenvalue weighted by molar-refractivity contribution is 0.407. The second-order valence-electron chi connectivity index (χ2n) is 17.6. The van der Waals surface area contributed by atoms with Crippen molar-refractivity contribution in [2.75, 3.05) is 0 Å². The Morgan fingerprint density at radius 2 is 0.279 bits per heavy atom. The van der Waals surface area contributed by atoms with Gasteiger partial charge in [0.2, 0.25) is 0 Å². The fourth-order valence-electron chi connectivity index (χ4n) is 0.471. The van der Waals surface area contributed by atoms with E-state index < -0.39 is 0 Å². The van der Waals surface area contributed by atoms with Crippen LogP contribution >= 0.6 is 0 Å². The first kappa shape index (κ1) is 58.5. The lowest BCUT2D eigenvalue weighted by Gasteiger charge is -2.10. The van der Waals surface area contributed by atoms with Gasteiger partial charge in [-0.25, -0.2) is 0 Å². The van der Waals surface area contributed by atoms with E-state index in [0.717, 1.165) is 82.9 Å². The molecule has 0 aromatic rings. The van der Waals surface area contributed by atoms with Crippen LogP contribution in [0.15, 0.2) is 0 Å². The molecule has 0 saturated carbocycles. The van der Waals surface area contributed by atoms with Gasteiger partial charge < -0.3 is 0 Å². The summed E-state index contributed by atoms with van der Waals surface area (Å²) in [5.41, 5.74) is 0. The van der Waals surface area contributed by atoms with Gasteiger partial charge in [0.15, 0.2) is 0 Å². The van der Waals surface area contributed by atoms with Crippen molar-refractivity contribution in [3.05, 3.63) is 0 Å². The molecule has 1 atom stereocenters. The van der Waals surface area contributed by atoms with Crippen LogP contribution in [0.3, 0.4) is 0 Å². The Hall–Kier alpha value is 0. The Balaban J connectivity index is -0.0000000704. The molecular formula is C43H100. The number of hydrogen-bond donors (Lipinski definition) is 0. The van der Waals surface area contributed by atoms with E-state index >= 15 is 0 Å². The van der Waals surface area contributed by atoms with Gasteiger partial charge in [0.05, 0.1) is 0 Å². The maximum atomic E-state index is 2.30. The van der Waals surface area contributed by atoms with Crippen LogP contribution in [0.5, 0.6) is 0 Å². The SMILES string of the molecule is CC(C)C(C)C.CC(C)C(C)C.CC(C)C(C)C.CC(C)C(C)C.CC(C)C(C)C.CC(C)C(C)C.CCC(C)C(C)C. The van der Waals surface area contributed by atoms with Gasteiger partial charge in [-0.05, 0) is 82.9 Å². The summed E-state index contributed by atoms with van der Waals surface area (Å²) >= 11 is 0. The van der Waals surface area contributed by atoms with Gasteiger partial charge in [0, 0.05) is 0 Å². The van der Waals surface area contributed by atoms with Gasteiger partial charge in [-0.3, -0.25) is 0 Å². The molecule has 0 spiro atoms. The van der Waals surface area contributed by atoms with Crippen LogP contribution in [0.1, 0.15) is 200 Å². The molecule has 0 bridgehead atoms. The highest BCUT2D eigenvalue weighted by Gasteiger charge is 2.01. The van der Waals surface area contributed by atoms with E-state index in [1.165, 1.54) is 6.42 Å². The normalized spacial score (nSPS) is 11.7. The van der Waals surface area contributed by atoms with E-state index in [4.69, 9.17) is 0 Å². The molecule has 0 aliphatic rings. The third kappa shape index (κ3) is 74.7. The highest BCUT2D eigenvalue weighted by Crippen LogP contribution is 2.12. The predicted octanol–water partition coefficient (Wildman–Crippen LogP) is 16.5. The summed E-state index contributed by atoms with van der Waals surface area (Å²) in [4.78, 5) is 0. The number of rotatable bonds is 8. The predicted molar refractivity (Wildman–Crippen MR) is 212 cm³/mol.